The van der Waals surface area contributed by atoms with Crippen LogP contribution in [0.15, 0.2) is 10.2 Å². The lowest BCUT2D eigenvalue weighted by molar-refractivity contribution is -0.486. The third-order valence-electron chi connectivity index (χ3n) is 5.99. The Hall–Kier alpha value is -2.82. The van der Waals surface area contributed by atoms with Crippen LogP contribution in [-0.4, -0.2) is 134 Å². The van der Waals surface area contributed by atoms with E-state index in [0.29, 0.717) is 63.7 Å². The molecule has 0 saturated carbocycles. The number of hydrogen-bond donors (Lipinski definition) is 0. The Morgan fingerprint density at radius 3 is 1.86 bits per heavy atom. The molecule has 198 valence electrons. The summed E-state index contributed by atoms with van der Waals surface area (Å²) in [6.45, 7) is 6.37. The van der Waals surface area contributed by atoms with Gasteiger partial charge in [0.05, 0.1) is 26.6 Å². The number of nitro groups is 2. The summed E-state index contributed by atoms with van der Waals surface area (Å²) >= 11 is 0. The molecule has 4 aliphatic rings. The summed E-state index contributed by atoms with van der Waals surface area (Å²) in [5.41, 5.74) is 0. The van der Waals surface area contributed by atoms with E-state index in [0.717, 1.165) is 39.2 Å². The molecule has 0 amide bonds. The van der Waals surface area contributed by atoms with Crippen LogP contribution >= 0.6 is 0 Å². The van der Waals surface area contributed by atoms with Gasteiger partial charge in [-0.25, -0.2) is 20.2 Å². The molecular weight excluding hydrogens is 466 g/mol. The summed E-state index contributed by atoms with van der Waals surface area (Å²) in [6.07, 6.45) is 1.99. The monoisotopic (exact) mass is 501 g/mol. The summed E-state index contributed by atoms with van der Waals surface area (Å²) in [5, 5.41) is 26.7. The van der Waals surface area contributed by atoms with Gasteiger partial charge in [0.1, 0.15) is 23.7 Å². The maximum Gasteiger partial charge on any atom is 0.277 e. The van der Waals surface area contributed by atoms with Crippen molar-refractivity contribution in [1.29, 1.82) is 0 Å². The minimum absolute atomic E-state index is 0.324. The summed E-state index contributed by atoms with van der Waals surface area (Å²) in [4.78, 5) is 30.3. The van der Waals surface area contributed by atoms with Gasteiger partial charge in [-0.3, -0.25) is 4.90 Å². The van der Waals surface area contributed by atoms with Gasteiger partial charge < -0.3 is 33.8 Å². The fraction of sp³-hybridized carbons (Fsp3) is 0.895. The molecule has 0 radical (unpaired) electrons. The van der Waals surface area contributed by atoms with Crippen LogP contribution in [0.25, 0.3) is 0 Å². The molecule has 0 aromatic carbocycles. The van der Waals surface area contributed by atoms with E-state index in [2.05, 4.69) is 15.1 Å². The van der Waals surface area contributed by atoms with Crippen LogP contribution in [0.2, 0.25) is 0 Å². The molecule has 0 bridgehead atoms. The highest BCUT2D eigenvalue weighted by molar-refractivity contribution is 5.80. The number of nitrogens with zero attached hydrogens (tertiary/aromatic N) is 9. The summed E-state index contributed by atoms with van der Waals surface area (Å²) in [5.74, 6) is 1.61. The molecule has 0 aromatic heterocycles. The van der Waals surface area contributed by atoms with E-state index in [4.69, 9.17) is 14.2 Å². The Balaban J connectivity index is 0.000000196. The Kier molecular flexibility index (Phi) is 9.76. The molecule has 4 fully saturated rings. The van der Waals surface area contributed by atoms with E-state index in [1.165, 1.54) is 0 Å². The van der Waals surface area contributed by atoms with Crippen molar-refractivity contribution in [3.8, 4) is 0 Å². The molecule has 35 heavy (non-hydrogen) atoms. The van der Waals surface area contributed by atoms with Gasteiger partial charge in [-0.15, -0.1) is 0 Å². The van der Waals surface area contributed by atoms with Crippen molar-refractivity contribution < 1.29 is 24.3 Å². The predicted molar refractivity (Wildman–Crippen MR) is 124 cm³/mol. The molecule has 0 aromatic rings. The van der Waals surface area contributed by atoms with Crippen LogP contribution in [0.1, 0.15) is 12.8 Å². The zero-order valence-corrected chi connectivity index (χ0v) is 20.5. The largest absolute Gasteiger partial charge is 0.381 e. The zero-order valence-electron chi connectivity index (χ0n) is 20.5. The third kappa shape index (κ3) is 8.12. The molecule has 4 heterocycles. The van der Waals surface area contributed by atoms with E-state index in [9.17, 15) is 20.2 Å². The van der Waals surface area contributed by atoms with Gasteiger partial charge in [0, 0.05) is 52.2 Å². The molecule has 0 spiro atoms. The smallest absolute Gasteiger partial charge is 0.277 e. The average Bonchev–Trinajstić information content (AvgIpc) is 3.48. The van der Waals surface area contributed by atoms with Crippen LogP contribution < -0.4 is 0 Å². The standard InChI is InChI=1S/C10H19N5O3.C9H16N4O4/c1-12-7-13(2)10(11-15(16)17)14(8-12)5-9-3-4-18-6-9;1-11-6-17-7-12(9(11)10-13(14)15)4-8-2-3-16-5-8/h9H,3-8H2,1-2H3;8H,2-7H2,1H3/b11-10+;10-9+. The van der Waals surface area contributed by atoms with E-state index in [1.807, 2.05) is 19.0 Å². The molecule has 0 N–H and O–H groups in total. The quantitative estimate of drug-likeness (QED) is 0.337. The van der Waals surface area contributed by atoms with Gasteiger partial charge in [0.25, 0.3) is 11.9 Å². The zero-order chi connectivity index (χ0) is 25.4. The number of ether oxygens (including phenoxy) is 3. The molecule has 2 unspecified atom stereocenters. The maximum absolute atomic E-state index is 10.6. The normalized spacial score (nSPS) is 28.0. The summed E-state index contributed by atoms with van der Waals surface area (Å²) < 4.78 is 16.0. The summed E-state index contributed by atoms with van der Waals surface area (Å²) in [6, 6.07) is 0. The lowest BCUT2D eigenvalue weighted by Gasteiger charge is -2.40. The van der Waals surface area contributed by atoms with Crippen LogP contribution in [0.5, 0.6) is 0 Å². The molecule has 0 aliphatic carbocycles. The van der Waals surface area contributed by atoms with Crippen LogP contribution in [0.4, 0.5) is 0 Å². The molecule has 4 aliphatic heterocycles. The number of guanidine groups is 2. The van der Waals surface area contributed by atoms with Crippen LogP contribution in [0.3, 0.4) is 0 Å². The second-order valence-corrected chi connectivity index (χ2v) is 9.18. The van der Waals surface area contributed by atoms with Crippen molar-refractivity contribution in [2.75, 3.05) is 87.5 Å². The molecule has 4 saturated heterocycles. The first-order valence-electron chi connectivity index (χ1n) is 11.5. The maximum atomic E-state index is 10.6. The predicted octanol–water partition coefficient (Wildman–Crippen LogP) is -0.586. The Labute approximate surface area is 203 Å². The first kappa shape index (κ1) is 26.8. The molecule has 16 heteroatoms. The highest BCUT2D eigenvalue weighted by atomic mass is 16.7. The van der Waals surface area contributed by atoms with E-state index in [1.54, 1.807) is 21.7 Å². The Morgan fingerprint density at radius 1 is 0.800 bits per heavy atom. The second kappa shape index (κ2) is 12.8. The minimum Gasteiger partial charge on any atom is -0.381 e. The van der Waals surface area contributed by atoms with Crippen LogP contribution in [-0.2, 0) is 14.2 Å². The van der Waals surface area contributed by atoms with Gasteiger partial charge in [0.15, 0.2) is 10.1 Å². The SMILES string of the molecule is CN1CN(C)/C(=N\[N+](=O)[O-])N(CC2CCOC2)C1.CN1COCN(CC2CCOC2)/C1=N/[N+](=O)[O-]. The lowest BCUT2D eigenvalue weighted by Crippen LogP contribution is -2.57. The van der Waals surface area contributed by atoms with Gasteiger partial charge in [0.2, 0.25) is 0 Å². The average molecular weight is 502 g/mol. The number of hydrazone groups is 2. The van der Waals surface area contributed by atoms with E-state index >= 15 is 0 Å². The van der Waals surface area contributed by atoms with Crippen molar-refractivity contribution in [2.24, 2.45) is 22.0 Å². The van der Waals surface area contributed by atoms with Crippen molar-refractivity contribution in [1.82, 2.24) is 24.5 Å². The topological polar surface area (TPSA) is 155 Å². The first-order chi connectivity index (χ1) is 16.7. The molecule has 4 rings (SSSR count). The number of rotatable bonds is 6. The second-order valence-electron chi connectivity index (χ2n) is 9.18. The highest BCUT2D eigenvalue weighted by Gasteiger charge is 2.30. The molecule has 2 atom stereocenters. The Bertz CT molecular complexity index is 787. The van der Waals surface area contributed by atoms with Crippen LogP contribution in [0, 0.1) is 32.1 Å². The fourth-order valence-electron chi connectivity index (χ4n) is 4.49. The van der Waals surface area contributed by atoms with Gasteiger partial charge >= 0.3 is 0 Å². The van der Waals surface area contributed by atoms with E-state index in [-0.39, 0.29) is 0 Å². The van der Waals surface area contributed by atoms with E-state index < -0.39 is 10.1 Å². The molecule has 16 nitrogen and oxygen atoms in total. The van der Waals surface area contributed by atoms with Gasteiger partial charge in [-0.2, -0.15) is 0 Å². The van der Waals surface area contributed by atoms with Crippen molar-refractivity contribution in [3.63, 3.8) is 0 Å². The van der Waals surface area contributed by atoms with Crippen molar-refractivity contribution in [3.05, 3.63) is 20.2 Å². The number of hydrogen-bond acceptors (Lipinski definition) is 8. The first-order valence-corrected chi connectivity index (χ1v) is 11.5. The highest BCUT2D eigenvalue weighted by Crippen LogP contribution is 2.18. The van der Waals surface area contributed by atoms with Crippen molar-refractivity contribution in [2.45, 2.75) is 12.8 Å². The summed E-state index contributed by atoms with van der Waals surface area (Å²) in [7, 11) is 5.52. The minimum atomic E-state index is -0.671. The van der Waals surface area contributed by atoms with Gasteiger partial charge in [-0.1, -0.05) is 0 Å². The Morgan fingerprint density at radius 2 is 1.34 bits per heavy atom. The van der Waals surface area contributed by atoms with Crippen molar-refractivity contribution >= 4 is 11.9 Å². The molecular formula is C19H35N9O7. The third-order valence-corrected chi connectivity index (χ3v) is 5.99. The lowest BCUT2D eigenvalue weighted by atomic mass is 10.1. The van der Waals surface area contributed by atoms with Gasteiger partial charge in [-0.05, 0) is 19.9 Å². The fourth-order valence-corrected chi connectivity index (χ4v) is 4.49.